The molecular weight excluding hydrogens is 439 g/mol. The third-order valence-corrected chi connectivity index (χ3v) is 4.04. The molecule has 2 rings (SSSR count). The number of hydrogen-bond acceptors (Lipinski definition) is 1. The molecule has 0 N–H and O–H groups in total. The first-order valence-corrected chi connectivity index (χ1v) is 7.68. The van der Waals surface area contributed by atoms with Crippen LogP contribution in [0.5, 0.6) is 0 Å². The number of benzene rings is 1. The number of rotatable bonds is 4. The smallest absolute Gasteiger partial charge is 0.0703 e. The number of aryl methyl sites for hydroxylation is 3. The van der Waals surface area contributed by atoms with Crippen LogP contribution >= 0.6 is 0 Å². The van der Waals surface area contributed by atoms with Gasteiger partial charge in [-0.15, -0.1) is 0 Å². The van der Waals surface area contributed by atoms with Crippen LogP contribution in [0.2, 0.25) is 0 Å². The van der Waals surface area contributed by atoms with Crippen molar-refractivity contribution in [2.45, 2.75) is 60.4 Å². The van der Waals surface area contributed by atoms with Crippen molar-refractivity contribution in [3.05, 3.63) is 40.7 Å². The third kappa shape index (κ3) is 3.31. The maximum Gasteiger partial charge on any atom is 0.0703 e. The van der Waals surface area contributed by atoms with Crippen LogP contribution in [0.15, 0.2) is 18.2 Å². The normalized spacial score (nSPS) is 10.8. The summed E-state index contributed by atoms with van der Waals surface area (Å²) in [4.78, 5) is 0. The van der Waals surface area contributed by atoms with Gasteiger partial charge in [0.1, 0.15) is 0 Å². The van der Waals surface area contributed by atoms with Gasteiger partial charge >= 0.3 is 0 Å². The summed E-state index contributed by atoms with van der Waals surface area (Å²) in [5.74, 6) is 0. The van der Waals surface area contributed by atoms with E-state index in [2.05, 4.69) is 64.4 Å². The van der Waals surface area contributed by atoms with Crippen molar-refractivity contribution in [3.8, 4) is 11.1 Å². The Hall–Kier alpha value is -0.882. The minimum atomic E-state index is 0. The van der Waals surface area contributed by atoms with E-state index >= 15 is 0 Å². The SMILES string of the molecule is CCc1cccc(C)c1-c1c(CC)nn(C(C)C)c1C.[Pt]. The summed E-state index contributed by atoms with van der Waals surface area (Å²) in [5, 5.41) is 4.84. The summed E-state index contributed by atoms with van der Waals surface area (Å²) in [6.45, 7) is 13.2. The van der Waals surface area contributed by atoms with E-state index in [0.29, 0.717) is 6.04 Å². The molecule has 0 aliphatic carbocycles. The Bertz CT molecular complexity index is 612. The fourth-order valence-electron chi connectivity index (χ4n) is 3.03. The molecule has 2 nitrogen and oxygen atoms in total. The molecule has 0 bridgehead atoms. The summed E-state index contributed by atoms with van der Waals surface area (Å²) in [6.07, 6.45) is 2.04. The molecule has 0 saturated carbocycles. The van der Waals surface area contributed by atoms with Gasteiger partial charge in [-0.3, -0.25) is 4.68 Å². The Morgan fingerprint density at radius 1 is 1.05 bits per heavy atom. The number of aromatic nitrogens is 2. The van der Waals surface area contributed by atoms with Gasteiger partial charge in [0.05, 0.1) is 5.69 Å². The van der Waals surface area contributed by atoms with Crippen LogP contribution in [-0.2, 0) is 33.9 Å². The van der Waals surface area contributed by atoms with Gasteiger partial charge in [0.25, 0.3) is 0 Å². The van der Waals surface area contributed by atoms with Crippen molar-refractivity contribution in [2.75, 3.05) is 0 Å². The monoisotopic (exact) mass is 465 g/mol. The molecular formula is C18H26N2Pt. The minimum Gasteiger partial charge on any atom is -0.266 e. The molecule has 0 atom stereocenters. The van der Waals surface area contributed by atoms with Gasteiger partial charge in [-0.25, -0.2) is 0 Å². The summed E-state index contributed by atoms with van der Waals surface area (Å²) < 4.78 is 2.17. The maximum absolute atomic E-state index is 4.84. The second-order valence-corrected chi connectivity index (χ2v) is 5.76. The summed E-state index contributed by atoms with van der Waals surface area (Å²) in [6, 6.07) is 7.02. The largest absolute Gasteiger partial charge is 0.266 e. The Labute approximate surface area is 143 Å². The van der Waals surface area contributed by atoms with Crippen LogP contribution in [0, 0.1) is 13.8 Å². The first-order chi connectivity index (χ1) is 9.51. The van der Waals surface area contributed by atoms with Gasteiger partial charge < -0.3 is 0 Å². The molecule has 0 fully saturated rings. The van der Waals surface area contributed by atoms with Crippen molar-refractivity contribution < 1.29 is 21.1 Å². The second kappa shape index (κ2) is 7.40. The zero-order valence-electron chi connectivity index (χ0n) is 13.9. The topological polar surface area (TPSA) is 17.8 Å². The quantitative estimate of drug-likeness (QED) is 0.630. The van der Waals surface area contributed by atoms with Gasteiger partial charge in [0.15, 0.2) is 0 Å². The molecule has 1 aromatic carbocycles. The Morgan fingerprint density at radius 2 is 1.71 bits per heavy atom. The molecule has 2 aromatic rings. The Balaban J connectivity index is 0.00000220. The predicted molar refractivity (Wildman–Crippen MR) is 86.3 cm³/mol. The van der Waals surface area contributed by atoms with Crippen LogP contribution < -0.4 is 0 Å². The van der Waals surface area contributed by atoms with Crippen molar-refractivity contribution in [1.82, 2.24) is 9.78 Å². The molecule has 0 aliphatic heterocycles. The predicted octanol–water partition coefficient (Wildman–Crippen LogP) is 4.87. The van der Waals surface area contributed by atoms with E-state index in [1.165, 1.54) is 33.6 Å². The molecule has 21 heavy (non-hydrogen) atoms. The molecule has 118 valence electrons. The van der Waals surface area contributed by atoms with Crippen molar-refractivity contribution in [3.63, 3.8) is 0 Å². The molecule has 0 amide bonds. The minimum absolute atomic E-state index is 0. The summed E-state index contributed by atoms with van der Waals surface area (Å²) >= 11 is 0. The average molecular weight is 465 g/mol. The molecule has 1 heterocycles. The molecule has 3 heteroatoms. The maximum atomic E-state index is 4.84. The van der Waals surface area contributed by atoms with Crippen LogP contribution in [0.3, 0.4) is 0 Å². The van der Waals surface area contributed by atoms with E-state index in [-0.39, 0.29) is 21.1 Å². The van der Waals surface area contributed by atoms with Crippen LogP contribution in [0.1, 0.15) is 56.3 Å². The van der Waals surface area contributed by atoms with E-state index in [1.54, 1.807) is 0 Å². The van der Waals surface area contributed by atoms with Gasteiger partial charge in [-0.1, -0.05) is 32.0 Å². The molecule has 0 aliphatic rings. The zero-order chi connectivity index (χ0) is 14.9. The van der Waals surface area contributed by atoms with Crippen LogP contribution in [-0.4, -0.2) is 9.78 Å². The van der Waals surface area contributed by atoms with Gasteiger partial charge in [-0.05, 0) is 57.2 Å². The van der Waals surface area contributed by atoms with Crippen LogP contribution in [0.4, 0.5) is 0 Å². The zero-order valence-corrected chi connectivity index (χ0v) is 16.2. The van der Waals surface area contributed by atoms with Crippen molar-refractivity contribution in [1.29, 1.82) is 0 Å². The fourth-order valence-corrected chi connectivity index (χ4v) is 3.03. The Kier molecular flexibility index (Phi) is 6.40. The second-order valence-electron chi connectivity index (χ2n) is 5.76. The first kappa shape index (κ1) is 18.2. The Morgan fingerprint density at radius 3 is 2.24 bits per heavy atom. The van der Waals surface area contributed by atoms with Crippen LogP contribution in [0.25, 0.3) is 11.1 Å². The summed E-state index contributed by atoms with van der Waals surface area (Å²) in [5.41, 5.74) is 8.05. The molecule has 1 aromatic heterocycles. The summed E-state index contributed by atoms with van der Waals surface area (Å²) in [7, 11) is 0. The van der Waals surface area contributed by atoms with Crippen molar-refractivity contribution in [2.24, 2.45) is 0 Å². The van der Waals surface area contributed by atoms with Crippen molar-refractivity contribution >= 4 is 0 Å². The van der Waals surface area contributed by atoms with Gasteiger partial charge in [-0.2, -0.15) is 5.10 Å². The molecule has 0 saturated heterocycles. The standard InChI is InChI=1S/C18H26N2.Pt/c1-7-15-11-9-10-13(5)17(15)18-14(6)20(12(3)4)19-16(18)8-2;/h9-12H,7-8H2,1-6H3;. The number of hydrogen-bond donors (Lipinski definition) is 0. The molecule has 0 unspecified atom stereocenters. The fraction of sp³-hybridized carbons (Fsp3) is 0.500. The van der Waals surface area contributed by atoms with E-state index in [4.69, 9.17) is 5.10 Å². The van der Waals surface area contributed by atoms with Gasteiger partial charge in [0, 0.05) is 38.4 Å². The first-order valence-electron chi connectivity index (χ1n) is 7.68. The third-order valence-electron chi connectivity index (χ3n) is 4.04. The molecule has 0 spiro atoms. The van der Waals surface area contributed by atoms with E-state index in [1.807, 2.05) is 0 Å². The van der Waals surface area contributed by atoms with E-state index < -0.39 is 0 Å². The molecule has 0 radical (unpaired) electrons. The average Bonchev–Trinajstić information content (AvgIpc) is 2.75. The van der Waals surface area contributed by atoms with E-state index in [9.17, 15) is 0 Å². The van der Waals surface area contributed by atoms with E-state index in [0.717, 1.165) is 12.8 Å². The number of nitrogens with zero attached hydrogens (tertiary/aromatic N) is 2. The van der Waals surface area contributed by atoms with Gasteiger partial charge in [0.2, 0.25) is 0 Å².